The monoisotopic (exact) mass is 321 g/mol. The van der Waals surface area contributed by atoms with Crippen LogP contribution in [0.2, 0.25) is 5.15 Å². The van der Waals surface area contributed by atoms with E-state index in [9.17, 15) is 4.79 Å². The summed E-state index contributed by atoms with van der Waals surface area (Å²) >= 11 is 6.18. The molecule has 118 valence electrons. The lowest BCUT2D eigenvalue weighted by Crippen LogP contribution is -2.12. The van der Waals surface area contributed by atoms with Crippen molar-refractivity contribution in [3.63, 3.8) is 0 Å². The van der Waals surface area contributed by atoms with Crippen molar-refractivity contribution < 1.29 is 14.3 Å². The van der Waals surface area contributed by atoms with E-state index in [0.717, 1.165) is 16.5 Å². The molecule has 1 heterocycles. The van der Waals surface area contributed by atoms with E-state index in [4.69, 9.17) is 21.1 Å². The number of benzene rings is 1. The summed E-state index contributed by atoms with van der Waals surface area (Å²) in [6, 6.07) is 6.05. The predicted molar refractivity (Wildman–Crippen MR) is 87.8 cm³/mol. The second-order valence-electron chi connectivity index (χ2n) is 6.12. The Morgan fingerprint density at radius 3 is 2.59 bits per heavy atom. The van der Waals surface area contributed by atoms with Crippen molar-refractivity contribution in [3.8, 4) is 5.75 Å². The number of fused-ring (bicyclic) bond motifs is 1. The number of ether oxygens (including phenoxy) is 2. The molecule has 0 aliphatic carbocycles. The molecule has 0 aliphatic rings. The maximum atomic E-state index is 11.5. The summed E-state index contributed by atoms with van der Waals surface area (Å²) in [4.78, 5) is 15.9. The lowest BCUT2D eigenvalue weighted by Gasteiger charge is -2.20. The number of pyridine rings is 1. The van der Waals surface area contributed by atoms with E-state index in [-0.39, 0.29) is 22.9 Å². The molecule has 4 nitrogen and oxygen atoms in total. The van der Waals surface area contributed by atoms with Gasteiger partial charge in [0.05, 0.1) is 12.1 Å². The predicted octanol–water partition coefficient (Wildman–Crippen LogP) is 5.03. The Balaban J connectivity index is 2.52. The Morgan fingerprint density at radius 2 is 2.00 bits per heavy atom. The molecule has 0 saturated heterocycles. The number of carbonyl (C=O) groups is 1. The molecule has 0 aliphatic heterocycles. The summed E-state index contributed by atoms with van der Waals surface area (Å²) in [5.74, 6) is 0.246. The fourth-order valence-corrected chi connectivity index (χ4v) is 2.46. The van der Waals surface area contributed by atoms with Gasteiger partial charge < -0.3 is 9.47 Å². The molecule has 2 rings (SSSR count). The fourth-order valence-electron chi connectivity index (χ4n) is 2.19. The first-order valence-electron chi connectivity index (χ1n) is 7.19. The van der Waals surface area contributed by atoms with Crippen LogP contribution in [0, 0.1) is 6.92 Å². The van der Waals surface area contributed by atoms with E-state index in [0.29, 0.717) is 0 Å². The number of hydrogen-bond donors (Lipinski definition) is 0. The fraction of sp³-hybridized carbons (Fsp3) is 0.412. The maximum Gasteiger partial charge on any atom is 0.513 e. The van der Waals surface area contributed by atoms with Crippen LogP contribution < -0.4 is 4.74 Å². The van der Waals surface area contributed by atoms with Crippen molar-refractivity contribution in [1.82, 2.24) is 4.98 Å². The molecule has 0 radical (unpaired) electrons. The van der Waals surface area contributed by atoms with E-state index in [1.807, 2.05) is 19.1 Å². The van der Waals surface area contributed by atoms with Crippen molar-refractivity contribution in [2.45, 2.75) is 40.0 Å². The van der Waals surface area contributed by atoms with Crippen LogP contribution in [-0.4, -0.2) is 17.7 Å². The van der Waals surface area contributed by atoms with Crippen molar-refractivity contribution in [2.24, 2.45) is 0 Å². The second-order valence-corrected chi connectivity index (χ2v) is 6.48. The average Bonchev–Trinajstić information content (AvgIpc) is 2.42. The zero-order valence-corrected chi connectivity index (χ0v) is 14.2. The first-order chi connectivity index (χ1) is 10.2. The molecule has 0 atom stereocenters. The van der Waals surface area contributed by atoms with Gasteiger partial charge in [-0.15, -0.1) is 0 Å². The lowest BCUT2D eigenvalue weighted by atomic mass is 9.86. The number of halogens is 1. The summed E-state index contributed by atoms with van der Waals surface area (Å²) in [7, 11) is 0. The third-order valence-electron chi connectivity index (χ3n) is 3.46. The molecule has 0 unspecified atom stereocenters. The van der Waals surface area contributed by atoms with Crippen LogP contribution >= 0.6 is 11.6 Å². The summed E-state index contributed by atoms with van der Waals surface area (Å²) in [5.41, 5.74) is 2.74. The van der Waals surface area contributed by atoms with Crippen molar-refractivity contribution >= 4 is 28.7 Å². The molecule has 2 aromatic rings. The third kappa shape index (κ3) is 3.33. The van der Waals surface area contributed by atoms with Crippen molar-refractivity contribution in [1.29, 1.82) is 0 Å². The molecule has 1 aromatic heterocycles. The van der Waals surface area contributed by atoms with Crippen LogP contribution in [0.15, 0.2) is 18.2 Å². The highest BCUT2D eigenvalue weighted by atomic mass is 35.5. The highest BCUT2D eigenvalue weighted by Gasteiger charge is 2.19. The van der Waals surface area contributed by atoms with Gasteiger partial charge in [0.15, 0.2) is 10.9 Å². The second kappa shape index (κ2) is 6.13. The number of hydrogen-bond acceptors (Lipinski definition) is 4. The topological polar surface area (TPSA) is 48.4 Å². The Hall–Kier alpha value is -1.81. The number of carbonyl (C=O) groups excluding carboxylic acids is 1. The van der Waals surface area contributed by atoms with Gasteiger partial charge in [0.2, 0.25) is 0 Å². The third-order valence-corrected chi connectivity index (χ3v) is 3.72. The molecule has 0 saturated carbocycles. The Kier molecular flexibility index (Phi) is 4.61. The standard InChI is InChI=1S/C17H20ClNO3/c1-6-21-16(20)22-14-10(2)12-8-7-11(17(3,4)5)9-13(12)19-15(14)18/h7-9H,6H2,1-5H3. The van der Waals surface area contributed by atoms with Crippen LogP contribution in [0.1, 0.15) is 38.8 Å². The molecular formula is C17H20ClNO3. The Bertz CT molecular complexity index is 720. The summed E-state index contributed by atoms with van der Waals surface area (Å²) < 4.78 is 9.95. The molecule has 22 heavy (non-hydrogen) atoms. The van der Waals surface area contributed by atoms with Crippen molar-refractivity contribution in [2.75, 3.05) is 6.61 Å². The molecular weight excluding hydrogens is 302 g/mol. The van der Waals surface area contributed by atoms with Gasteiger partial charge in [-0.2, -0.15) is 0 Å². The lowest BCUT2D eigenvalue weighted by molar-refractivity contribution is 0.104. The largest absolute Gasteiger partial charge is 0.513 e. The van der Waals surface area contributed by atoms with E-state index < -0.39 is 6.16 Å². The molecule has 0 fully saturated rings. The number of aromatic nitrogens is 1. The van der Waals surface area contributed by atoms with Gasteiger partial charge in [-0.1, -0.05) is 44.5 Å². The van der Waals surface area contributed by atoms with Gasteiger partial charge in [-0.25, -0.2) is 9.78 Å². The summed E-state index contributed by atoms with van der Waals surface area (Å²) in [5, 5.41) is 1.06. The van der Waals surface area contributed by atoms with Gasteiger partial charge in [-0.05, 0) is 30.9 Å². The minimum Gasteiger partial charge on any atom is -0.434 e. The molecule has 0 spiro atoms. The summed E-state index contributed by atoms with van der Waals surface area (Å²) in [6.45, 7) is 10.2. The minimum absolute atomic E-state index is 0.0242. The normalized spacial score (nSPS) is 11.5. The first kappa shape index (κ1) is 16.6. The first-order valence-corrected chi connectivity index (χ1v) is 7.56. The molecule has 0 bridgehead atoms. The molecule has 5 heteroatoms. The number of aryl methyl sites for hydroxylation is 1. The van der Waals surface area contributed by atoms with Gasteiger partial charge in [0, 0.05) is 10.9 Å². The van der Waals surface area contributed by atoms with Gasteiger partial charge in [0.1, 0.15) is 0 Å². The average molecular weight is 322 g/mol. The van der Waals surface area contributed by atoms with Crippen LogP contribution in [0.4, 0.5) is 4.79 Å². The summed E-state index contributed by atoms with van der Waals surface area (Å²) in [6.07, 6.45) is -0.778. The van der Waals surface area contributed by atoms with Crippen LogP contribution in [0.3, 0.4) is 0 Å². The van der Waals surface area contributed by atoms with Crippen LogP contribution in [-0.2, 0) is 10.2 Å². The van der Waals surface area contributed by atoms with E-state index in [1.165, 1.54) is 5.56 Å². The maximum absolute atomic E-state index is 11.5. The smallest absolute Gasteiger partial charge is 0.434 e. The molecule has 0 N–H and O–H groups in total. The minimum atomic E-state index is -0.778. The van der Waals surface area contributed by atoms with Crippen LogP contribution in [0.25, 0.3) is 10.9 Å². The van der Waals surface area contributed by atoms with E-state index in [2.05, 4.69) is 31.8 Å². The molecule has 1 aromatic carbocycles. The highest BCUT2D eigenvalue weighted by molar-refractivity contribution is 6.31. The zero-order chi connectivity index (χ0) is 16.5. The van der Waals surface area contributed by atoms with Gasteiger partial charge in [0.25, 0.3) is 0 Å². The number of rotatable bonds is 2. The van der Waals surface area contributed by atoms with E-state index in [1.54, 1.807) is 6.92 Å². The zero-order valence-electron chi connectivity index (χ0n) is 13.5. The van der Waals surface area contributed by atoms with Gasteiger partial charge >= 0.3 is 6.16 Å². The van der Waals surface area contributed by atoms with E-state index >= 15 is 0 Å². The Morgan fingerprint density at radius 1 is 1.32 bits per heavy atom. The highest BCUT2D eigenvalue weighted by Crippen LogP contribution is 2.34. The quantitative estimate of drug-likeness (QED) is 0.575. The van der Waals surface area contributed by atoms with Gasteiger partial charge in [-0.3, -0.25) is 0 Å². The van der Waals surface area contributed by atoms with Crippen molar-refractivity contribution in [3.05, 3.63) is 34.5 Å². The number of nitrogens with zero attached hydrogens (tertiary/aromatic N) is 1. The molecule has 0 amide bonds. The SMILES string of the molecule is CCOC(=O)Oc1c(Cl)nc2cc(C(C)(C)C)ccc2c1C. The van der Waals surface area contributed by atoms with Crippen LogP contribution in [0.5, 0.6) is 5.75 Å². The Labute approximate surface area is 135 Å².